The van der Waals surface area contributed by atoms with Crippen molar-refractivity contribution in [2.45, 2.75) is 0 Å². The molecule has 0 radical (unpaired) electrons. The fraction of sp³-hybridized carbons (Fsp3) is 0. The zero-order valence-corrected chi connectivity index (χ0v) is 11.9. The summed E-state index contributed by atoms with van der Waals surface area (Å²) in [5, 5.41) is 3.71. The van der Waals surface area contributed by atoms with Gasteiger partial charge in [0, 0.05) is 11.8 Å². The van der Waals surface area contributed by atoms with Crippen LogP contribution in [0.1, 0.15) is 0 Å². The molecular formula is C13H7BrF2N2S. The highest BCUT2D eigenvalue weighted by atomic mass is 79.9. The Bertz CT molecular complexity index is 757. The highest BCUT2D eigenvalue weighted by molar-refractivity contribution is 9.10. The maximum atomic E-state index is 13.1. The molecule has 1 N–H and O–H groups in total. The topological polar surface area (TPSA) is 24.9 Å². The number of hydrogen-bond donors (Lipinski definition) is 1. The third-order valence-corrected chi connectivity index (χ3v) is 4.08. The molecule has 2 nitrogen and oxygen atoms in total. The van der Waals surface area contributed by atoms with Crippen molar-refractivity contribution in [3.8, 4) is 0 Å². The van der Waals surface area contributed by atoms with Gasteiger partial charge in [0.25, 0.3) is 0 Å². The molecule has 0 saturated heterocycles. The molecule has 0 fully saturated rings. The molecule has 0 aliphatic heterocycles. The average molecular weight is 341 g/mol. The van der Waals surface area contributed by atoms with E-state index in [1.165, 1.54) is 29.5 Å². The Balaban J connectivity index is 1.94. The van der Waals surface area contributed by atoms with Crippen molar-refractivity contribution in [1.82, 2.24) is 4.98 Å². The van der Waals surface area contributed by atoms with Crippen LogP contribution < -0.4 is 5.32 Å². The van der Waals surface area contributed by atoms with Gasteiger partial charge in [-0.25, -0.2) is 13.8 Å². The van der Waals surface area contributed by atoms with Crippen molar-refractivity contribution in [2.24, 2.45) is 0 Å². The summed E-state index contributed by atoms with van der Waals surface area (Å²) in [7, 11) is 0. The number of thiazole rings is 1. The van der Waals surface area contributed by atoms with Crippen molar-refractivity contribution < 1.29 is 8.78 Å². The second kappa shape index (κ2) is 4.86. The number of hydrogen-bond acceptors (Lipinski definition) is 3. The molecule has 0 saturated carbocycles. The molecule has 0 spiro atoms. The van der Waals surface area contributed by atoms with Gasteiger partial charge in [-0.15, -0.1) is 0 Å². The Morgan fingerprint density at radius 1 is 1.11 bits per heavy atom. The van der Waals surface area contributed by atoms with Gasteiger partial charge in [0.2, 0.25) is 0 Å². The number of nitrogens with zero attached hydrogens (tertiary/aromatic N) is 1. The van der Waals surface area contributed by atoms with Crippen molar-refractivity contribution in [2.75, 3.05) is 5.32 Å². The zero-order chi connectivity index (χ0) is 13.4. The molecule has 0 aliphatic carbocycles. The Labute approximate surface area is 120 Å². The van der Waals surface area contributed by atoms with Gasteiger partial charge >= 0.3 is 0 Å². The molecule has 0 unspecified atom stereocenters. The largest absolute Gasteiger partial charge is 0.331 e. The third-order valence-electron chi connectivity index (χ3n) is 2.52. The quantitative estimate of drug-likeness (QED) is 0.703. The number of aromatic nitrogens is 1. The van der Waals surface area contributed by atoms with E-state index in [1.54, 1.807) is 18.2 Å². The lowest BCUT2D eigenvalue weighted by molar-refractivity contribution is 0.621. The predicted octanol–water partition coefficient (Wildman–Crippen LogP) is 5.08. The van der Waals surface area contributed by atoms with E-state index in [0.717, 1.165) is 4.70 Å². The first-order valence-electron chi connectivity index (χ1n) is 5.40. The summed E-state index contributed by atoms with van der Waals surface area (Å²) < 4.78 is 27.5. The summed E-state index contributed by atoms with van der Waals surface area (Å²) in [5.74, 6) is -0.634. The first-order chi connectivity index (χ1) is 9.11. The van der Waals surface area contributed by atoms with Crippen LogP contribution in [0.15, 0.2) is 40.9 Å². The van der Waals surface area contributed by atoms with Gasteiger partial charge in [0.15, 0.2) is 5.13 Å². The zero-order valence-electron chi connectivity index (χ0n) is 9.45. The van der Waals surface area contributed by atoms with Crippen LogP contribution in [0.3, 0.4) is 0 Å². The van der Waals surface area contributed by atoms with E-state index in [9.17, 15) is 8.78 Å². The van der Waals surface area contributed by atoms with E-state index in [2.05, 4.69) is 26.2 Å². The lowest BCUT2D eigenvalue weighted by Gasteiger charge is -2.03. The fourth-order valence-electron chi connectivity index (χ4n) is 1.65. The lowest BCUT2D eigenvalue weighted by Crippen LogP contribution is -1.90. The molecule has 6 heteroatoms. The summed E-state index contributed by atoms with van der Waals surface area (Å²) in [5.41, 5.74) is 1.32. The van der Waals surface area contributed by atoms with E-state index in [-0.39, 0.29) is 11.6 Å². The van der Waals surface area contributed by atoms with E-state index in [0.29, 0.717) is 20.8 Å². The standard InChI is InChI=1S/C13H7BrF2N2S/c14-9-6-8(2-3-10(9)16)17-13-18-11-5-7(15)1-4-12(11)19-13/h1-6H,(H,17,18). The van der Waals surface area contributed by atoms with Gasteiger partial charge in [0.1, 0.15) is 11.6 Å². The molecule has 19 heavy (non-hydrogen) atoms. The normalized spacial score (nSPS) is 10.9. The SMILES string of the molecule is Fc1ccc2sc(Nc3ccc(F)c(Br)c3)nc2c1. The highest BCUT2D eigenvalue weighted by Gasteiger charge is 2.06. The second-order valence-electron chi connectivity index (χ2n) is 3.88. The highest BCUT2D eigenvalue weighted by Crippen LogP contribution is 2.29. The van der Waals surface area contributed by atoms with Gasteiger partial charge in [-0.05, 0) is 46.3 Å². The molecule has 96 valence electrons. The molecule has 0 bridgehead atoms. The van der Waals surface area contributed by atoms with Gasteiger partial charge in [0.05, 0.1) is 14.7 Å². The Morgan fingerprint density at radius 3 is 2.74 bits per heavy atom. The van der Waals surface area contributed by atoms with Crippen molar-refractivity contribution >= 4 is 48.3 Å². The number of rotatable bonds is 2. The van der Waals surface area contributed by atoms with Crippen LogP contribution in [0.4, 0.5) is 19.6 Å². The lowest BCUT2D eigenvalue weighted by atomic mass is 10.3. The van der Waals surface area contributed by atoms with Crippen LogP contribution in [0.5, 0.6) is 0 Å². The molecule has 3 rings (SSSR count). The summed E-state index contributed by atoms with van der Waals surface area (Å²) in [6, 6.07) is 9.08. The summed E-state index contributed by atoms with van der Waals surface area (Å²) in [6.07, 6.45) is 0. The number of halogens is 3. The Hall–Kier alpha value is -1.53. The summed E-state index contributed by atoms with van der Waals surface area (Å²) >= 11 is 4.53. The van der Waals surface area contributed by atoms with Gasteiger partial charge in [-0.2, -0.15) is 0 Å². The molecule has 3 aromatic rings. The van der Waals surface area contributed by atoms with Gasteiger partial charge in [-0.3, -0.25) is 0 Å². The molecule has 0 aliphatic rings. The minimum Gasteiger partial charge on any atom is -0.331 e. The minimum absolute atomic E-state index is 0.311. The maximum absolute atomic E-state index is 13.1. The number of nitrogens with one attached hydrogen (secondary N) is 1. The van der Waals surface area contributed by atoms with Crippen LogP contribution in [0, 0.1) is 11.6 Å². The van der Waals surface area contributed by atoms with E-state index >= 15 is 0 Å². The Kier molecular flexibility index (Phi) is 3.20. The Morgan fingerprint density at radius 2 is 1.95 bits per heavy atom. The second-order valence-corrected chi connectivity index (χ2v) is 5.77. The van der Waals surface area contributed by atoms with E-state index in [4.69, 9.17) is 0 Å². The smallest absolute Gasteiger partial charge is 0.188 e. The van der Waals surface area contributed by atoms with Gasteiger partial charge < -0.3 is 5.32 Å². The van der Waals surface area contributed by atoms with Crippen molar-refractivity contribution in [3.05, 3.63) is 52.5 Å². The molecule has 1 aromatic heterocycles. The molecule has 2 aromatic carbocycles. The van der Waals surface area contributed by atoms with Crippen LogP contribution in [0.25, 0.3) is 10.2 Å². The first kappa shape index (κ1) is 12.5. The molecular weight excluding hydrogens is 334 g/mol. The monoisotopic (exact) mass is 340 g/mol. The molecule has 0 amide bonds. The van der Waals surface area contributed by atoms with Gasteiger partial charge in [-0.1, -0.05) is 11.3 Å². The number of fused-ring (bicyclic) bond motifs is 1. The van der Waals surface area contributed by atoms with Crippen molar-refractivity contribution in [3.63, 3.8) is 0 Å². The van der Waals surface area contributed by atoms with Crippen LogP contribution >= 0.6 is 27.3 Å². The van der Waals surface area contributed by atoms with E-state index < -0.39 is 0 Å². The minimum atomic E-state index is -0.322. The average Bonchev–Trinajstić information content (AvgIpc) is 2.75. The number of anilines is 2. The fourth-order valence-corrected chi connectivity index (χ4v) is 2.90. The maximum Gasteiger partial charge on any atom is 0.188 e. The molecule has 0 atom stereocenters. The molecule has 1 heterocycles. The first-order valence-corrected chi connectivity index (χ1v) is 7.01. The number of benzene rings is 2. The van der Waals surface area contributed by atoms with E-state index in [1.807, 2.05) is 0 Å². The third kappa shape index (κ3) is 2.59. The summed E-state index contributed by atoms with van der Waals surface area (Å²) in [6.45, 7) is 0. The predicted molar refractivity (Wildman–Crippen MR) is 77.0 cm³/mol. The van der Waals surface area contributed by atoms with Crippen molar-refractivity contribution in [1.29, 1.82) is 0 Å². The van der Waals surface area contributed by atoms with Crippen LogP contribution in [0.2, 0.25) is 0 Å². The van der Waals surface area contributed by atoms with Crippen LogP contribution in [-0.4, -0.2) is 4.98 Å². The van der Waals surface area contributed by atoms with Crippen LogP contribution in [-0.2, 0) is 0 Å². The summed E-state index contributed by atoms with van der Waals surface area (Å²) in [4.78, 5) is 4.28.